The Morgan fingerprint density at radius 1 is 1.15 bits per heavy atom. The molecule has 1 aromatic heterocycles. The quantitative estimate of drug-likeness (QED) is 0.611. The number of aromatic nitrogens is 1. The molecule has 0 amide bonds. The molecule has 0 unspecified atom stereocenters. The number of anilines is 2. The number of benzene rings is 2. The zero-order valence-electron chi connectivity index (χ0n) is 14.9. The number of carbonyl (C=O) groups is 1. The van der Waals surface area contributed by atoms with E-state index < -0.39 is 0 Å². The van der Waals surface area contributed by atoms with Crippen LogP contribution in [0.5, 0.6) is 5.75 Å². The predicted octanol–water partition coefficient (Wildman–Crippen LogP) is 5.13. The monoisotopic (exact) mass is 368 g/mol. The number of methoxy groups -OCH3 is 1. The molecule has 0 fully saturated rings. The number of nitrogens with zero attached hydrogens (tertiary/aromatic N) is 1. The minimum absolute atomic E-state index is 0.150. The summed E-state index contributed by atoms with van der Waals surface area (Å²) in [6, 6.07) is 15.0. The third-order valence-electron chi connectivity index (χ3n) is 3.56. The van der Waals surface area contributed by atoms with E-state index in [2.05, 4.69) is 10.3 Å². The molecule has 1 N–H and O–H groups in total. The van der Waals surface area contributed by atoms with Crippen molar-refractivity contribution in [3.05, 3.63) is 59.5 Å². The lowest BCUT2D eigenvalue weighted by Crippen LogP contribution is -2.05. The number of ether oxygens (including phenoxy) is 2. The molecule has 0 atom stereocenters. The first-order valence-electron chi connectivity index (χ1n) is 8.23. The van der Waals surface area contributed by atoms with Gasteiger partial charge in [-0.05, 0) is 56.3 Å². The van der Waals surface area contributed by atoms with E-state index >= 15 is 0 Å². The number of hydrogen-bond donors (Lipinski definition) is 1. The van der Waals surface area contributed by atoms with Gasteiger partial charge in [0.15, 0.2) is 5.13 Å². The smallest absolute Gasteiger partial charge is 0.337 e. The van der Waals surface area contributed by atoms with Gasteiger partial charge in [-0.1, -0.05) is 6.07 Å². The summed E-state index contributed by atoms with van der Waals surface area (Å²) < 4.78 is 10.4. The molecular weight excluding hydrogens is 348 g/mol. The molecule has 2 aromatic carbocycles. The highest BCUT2D eigenvalue weighted by atomic mass is 32.1. The van der Waals surface area contributed by atoms with Crippen LogP contribution in [-0.2, 0) is 4.74 Å². The second-order valence-electron chi connectivity index (χ2n) is 5.93. The van der Waals surface area contributed by atoms with Crippen molar-refractivity contribution in [1.82, 2.24) is 4.98 Å². The van der Waals surface area contributed by atoms with Crippen LogP contribution in [0, 0.1) is 0 Å². The molecular formula is C20H20N2O3S. The SMILES string of the molecule is COC(=O)c1cccc(Nc2nc(-c3ccc(OC(C)C)cc3)cs2)c1. The van der Waals surface area contributed by atoms with Crippen molar-refractivity contribution in [2.24, 2.45) is 0 Å². The Hall–Kier alpha value is -2.86. The summed E-state index contributed by atoms with van der Waals surface area (Å²) in [6.45, 7) is 4.00. The van der Waals surface area contributed by atoms with Crippen LogP contribution in [0.1, 0.15) is 24.2 Å². The fourth-order valence-corrected chi connectivity index (χ4v) is 3.15. The van der Waals surface area contributed by atoms with Crippen molar-refractivity contribution in [2.75, 3.05) is 12.4 Å². The standard InChI is InChI=1S/C20H20N2O3S/c1-13(2)25-17-9-7-14(8-10-17)18-12-26-20(22-18)21-16-6-4-5-15(11-16)19(23)24-3/h4-13H,1-3H3,(H,21,22). The van der Waals surface area contributed by atoms with Crippen molar-refractivity contribution < 1.29 is 14.3 Å². The summed E-state index contributed by atoms with van der Waals surface area (Å²) in [5.74, 6) is 0.481. The lowest BCUT2D eigenvalue weighted by atomic mass is 10.2. The molecule has 0 aliphatic heterocycles. The zero-order valence-corrected chi connectivity index (χ0v) is 15.7. The average Bonchev–Trinajstić information content (AvgIpc) is 3.10. The van der Waals surface area contributed by atoms with E-state index in [1.807, 2.05) is 49.6 Å². The highest BCUT2D eigenvalue weighted by Crippen LogP contribution is 2.28. The molecule has 1 heterocycles. The van der Waals surface area contributed by atoms with E-state index in [4.69, 9.17) is 9.47 Å². The fraction of sp³-hybridized carbons (Fsp3) is 0.200. The molecule has 0 saturated carbocycles. The molecule has 6 heteroatoms. The number of carbonyl (C=O) groups excluding carboxylic acids is 1. The maximum absolute atomic E-state index is 11.6. The van der Waals surface area contributed by atoms with Gasteiger partial charge in [0.05, 0.1) is 24.5 Å². The molecule has 5 nitrogen and oxygen atoms in total. The van der Waals surface area contributed by atoms with E-state index in [9.17, 15) is 4.79 Å². The van der Waals surface area contributed by atoms with Crippen molar-refractivity contribution in [1.29, 1.82) is 0 Å². The summed E-state index contributed by atoms with van der Waals surface area (Å²) in [4.78, 5) is 16.2. The summed E-state index contributed by atoms with van der Waals surface area (Å²) in [6.07, 6.45) is 0.150. The Morgan fingerprint density at radius 2 is 1.92 bits per heavy atom. The molecule has 0 aliphatic carbocycles. The first-order chi connectivity index (χ1) is 12.5. The summed E-state index contributed by atoms with van der Waals surface area (Å²) in [5.41, 5.74) is 3.19. The van der Waals surface area contributed by atoms with Gasteiger partial charge in [0.25, 0.3) is 0 Å². The number of rotatable bonds is 6. The Labute approximate surface area is 156 Å². The molecule has 0 spiro atoms. The second-order valence-corrected chi connectivity index (χ2v) is 6.78. The van der Waals surface area contributed by atoms with E-state index in [1.54, 1.807) is 18.2 Å². The minimum atomic E-state index is -0.364. The maximum Gasteiger partial charge on any atom is 0.337 e. The molecule has 0 aliphatic rings. The van der Waals surface area contributed by atoms with Gasteiger partial charge < -0.3 is 14.8 Å². The van der Waals surface area contributed by atoms with Gasteiger partial charge in [-0.3, -0.25) is 0 Å². The molecule has 0 saturated heterocycles. The van der Waals surface area contributed by atoms with Crippen LogP contribution in [0.2, 0.25) is 0 Å². The summed E-state index contributed by atoms with van der Waals surface area (Å²) >= 11 is 1.50. The number of hydrogen-bond acceptors (Lipinski definition) is 6. The summed E-state index contributed by atoms with van der Waals surface area (Å²) in [7, 11) is 1.37. The van der Waals surface area contributed by atoms with Gasteiger partial charge in [-0.15, -0.1) is 11.3 Å². The van der Waals surface area contributed by atoms with E-state index in [1.165, 1.54) is 18.4 Å². The van der Waals surface area contributed by atoms with Gasteiger partial charge in [0.1, 0.15) is 5.75 Å². The highest BCUT2D eigenvalue weighted by molar-refractivity contribution is 7.14. The Kier molecular flexibility index (Phi) is 5.53. The van der Waals surface area contributed by atoms with E-state index in [0.717, 1.165) is 27.8 Å². The minimum Gasteiger partial charge on any atom is -0.491 e. The van der Waals surface area contributed by atoms with E-state index in [0.29, 0.717) is 5.56 Å². The van der Waals surface area contributed by atoms with Crippen LogP contribution in [0.3, 0.4) is 0 Å². The van der Waals surface area contributed by atoms with Crippen molar-refractivity contribution in [2.45, 2.75) is 20.0 Å². The lowest BCUT2D eigenvalue weighted by molar-refractivity contribution is 0.0601. The maximum atomic E-state index is 11.6. The number of esters is 1. The van der Waals surface area contributed by atoms with Crippen molar-refractivity contribution in [3.63, 3.8) is 0 Å². The van der Waals surface area contributed by atoms with Gasteiger partial charge in [0.2, 0.25) is 0 Å². The van der Waals surface area contributed by atoms with Crippen LogP contribution in [0.15, 0.2) is 53.9 Å². The molecule has 134 valence electrons. The van der Waals surface area contributed by atoms with Crippen LogP contribution in [0.4, 0.5) is 10.8 Å². The van der Waals surface area contributed by atoms with Crippen LogP contribution < -0.4 is 10.1 Å². The third-order valence-corrected chi connectivity index (χ3v) is 4.32. The Morgan fingerprint density at radius 3 is 2.62 bits per heavy atom. The van der Waals surface area contributed by atoms with Crippen LogP contribution in [0.25, 0.3) is 11.3 Å². The van der Waals surface area contributed by atoms with Crippen LogP contribution in [-0.4, -0.2) is 24.2 Å². The number of thiazole rings is 1. The normalized spacial score (nSPS) is 10.6. The molecule has 3 rings (SSSR count). The molecule has 3 aromatic rings. The summed E-state index contributed by atoms with van der Waals surface area (Å²) in [5, 5.41) is 5.97. The molecule has 26 heavy (non-hydrogen) atoms. The second kappa shape index (κ2) is 8.01. The largest absolute Gasteiger partial charge is 0.491 e. The number of nitrogens with one attached hydrogen (secondary N) is 1. The fourth-order valence-electron chi connectivity index (χ4n) is 2.41. The predicted molar refractivity (Wildman–Crippen MR) is 104 cm³/mol. The highest BCUT2D eigenvalue weighted by Gasteiger charge is 2.08. The first kappa shape index (κ1) is 17.9. The Balaban J connectivity index is 1.73. The zero-order chi connectivity index (χ0) is 18.5. The van der Waals surface area contributed by atoms with Crippen molar-refractivity contribution in [3.8, 4) is 17.0 Å². The molecule has 0 bridgehead atoms. The topological polar surface area (TPSA) is 60.5 Å². The van der Waals surface area contributed by atoms with Gasteiger partial charge >= 0.3 is 5.97 Å². The van der Waals surface area contributed by atoms with Gasteiger partial charge in [-0.2, -0.15) is 0 Å². The van der Waals surface area contributed by atoms with Crippen molar-refractivity contribution >= 4 is 28.1 Å². The lowest BCUT2D eigenvalue weighted by Gasteiger charge is -2.09. The Bertz CT molecular complexity index is 888. The van der Waals surface area contributed by atoms with Gasteiger partial charge in [0, 0.05) is 16.6 Å². The average molecular weight is 368 g/mol. The van der Waals surface area contributed by atoms with E-state index in [-0.39, 0.29) is 12.1 Å². The third kappa shape index (κ3) is 4.40. The molecule has 0 radical (unpaired) electrons. The first-order valence-corrected chi connectivity index (χ1v) is 9.11. The van der Waals surface area contributed by atoms with Crippen LogP contribution >= 0.6 is 11.3 Å². The van der Waals surface area contributed by atoms with Gasteiger partial charge in [-0.25, -0.2) is 9.78 Å².